The van der Waals surface area contributed by atoms with Crippen LogP contribution < -0.4 is 0 Å². The Morgan fingerprint density at radius 1 is 1.42 bits per heavy atom. The van der Waals surface area contributed by atoms with E-state index >= 15 is 0 Å². The second-order valence-corrected chi connectivity index (χ2v) is 5.35. The molecular weight excluding hydrogens is 258 g/mol. The van der Waals surface area contributed by atoms with Crippen molar-refractivity contribution in [3.63, 3.8) is 0 Å². The van der Waals surface area contributed by atoms with Crippen LogP contribution in [0.1, 0.15) is 18.4 Å². The van der Waals surface area contributed by atoms with Gasteiger partial charge in [0.1, 0.15) is 0 Å². The van der Waals surface area contributed by atoms with Crippen LogP contribution in [-0.4, -0.2) is 27.5 Å². The number of nitrogens with one attached hydrogen (secondary N) is 1. The third-order valence-corrected chi connectivity index (χ3v) is 3.79. The molecule has 3 rings (SSSR count). The Balaban J connectivity index is 1.93. The van der Waals surface area contributed by atoms with Gasteiger partial charge >= 0.3 is 0 Å². The molecule has 0 aliphatic carbocycles. The quantitative estimate of drug-likeness (QED) is 0.875. The van der Waals surface area contributed by atoms with Gasteiger partial charge in [0.15, 0.2) is 10.6 Å². The number of hydrogen-bond acceptors (Lipinski definition) is 3. The van der Waals surface area contributed by atoms with Gasteiger partial charge in [0.2, 0.25) is 0 Å². The Labute approximate surface area is 117 Å². The molecule has 1 aromatic carbocycles. The molecular formula is C14H17N3OS. The van der Waals surface area contributed by atoms with E-state index in [4.69, 9.17) is 17.0 Å². The highest BCUT2D eigenvalue weighted by Gasteiger charge is 2.19. The summed E-state index contributed by atoms with van der Waals surface area (Å²) in [6.07, 6.45) is 2.49. The van der Waals surface area contributed by atoms with Gasteiger partial charge < -0.3 is 4.74 Å². The molecule has 100 valence electrons. The fraction of sp³-hybridized carbons (Fsp3) is 0.429. The lowest BCUT2D eigenvalue weighted by Gasteiger charge is -2.12. The molecule has 0 amide bonds. The van der Waals surface area contributed by atoms with Crippen LogP contribution in [0.3, 0.4) is 0 Å². The van der Waals surface area contributed by atoms with Crippen molar-refractivity contribution >= 4 is 12.2 Å². The molecule has 2 aromatic rings. The van der Waals surface area contributed by atoms with Crippen LogP contribution in [0.4, 0.5) is 0 Å². The van der Waals surface area contributed by atoms with Crippen LogP contribution in [0.2, 0.25) is 0 Å². The van der Waals surface area contributed by atoms with E-state index in [1.165, 1.54) is 5.56 Å². The SMILES string of the molecule is Cc1ccc(-c2n[nH]c(=S)n2C[C@H]2CCCO2)cc1. The van der Waals surface area contributed by atoms with Crippen LogP contribution in [0.15, 0.2) is 24.3 Å². The number of aryl methyl sites for hydroxylation is 1. The van der Waals surface area contributed by atoms with E-state index in [9.17, 15) is 0 Å². The molecule has 1 N–H and O–H groups in total. The van der Waals surface area contributed by atoms with E-state index in [-0.39, 0.29) is 6.10 Å². The zero-order valence-corrected chi connectivity index (χ0v) is 11.7. The molecule has 1 aliphatic rings. The maximum Gasteiger partial charge on any atom is 0.195 e. The first-order valence-electron chi connectivity index (χ1n) is 6.58. The first kappa shape index (κ1) is 12.6. The summed E-state index contributed by atoms with van der Waals surface area (Å²) < 4.78 is 8.38. The Morgan fingerprint density at radius 3 is 2.89 bits per heavy atom. The van der Waals surface area contributed by atoms with E-state index in [0.717, 1.165) is 37.4 Å². The summed E-state index contributed by atoms with van der Waals surface area (Å²) in [5, 5.41) is 7.23. The topological polar surface area (TPSA) is 42.8 Å². The maximum atomic E-state index is 5.68. The first-order chi connectivity index (χ1) is 9.24. The molecule has 0 saturated carbocycles. The molecule has 0 radical (unpaired) electrons. The Morgan fingerprint density at radius 2 is 2.21 bits per heavy atom. The van der Waals surface area contributed by atoms with Crippen LogP contribution in [0, 0.1) is 11.7 Å². The van der Waals surface area contributed by atoms with E-state index in [1.54, 1.807) is 0 Å². The number of nitrogens with zero attached hydrogens (tertiary/aromatic N) is 2. The van der Waals surface area contributed by atoms with Crippen LogP contribution in [0.5, 0.6) is 0 Å². The average molecular weight is 275 g/mol. The van der Waals surface area contributed by atoms with E-state index in [2.05, 4.69) is 41.4 Å². The minimum absolute atomic E-state index is 0.258. The lowest BCUT2D eigenvalue weighted by molar-refractivity contribution is 0.0970. The minimum atomic E-state index is 0.258. The Hall–Kier alpha value is -1.46. The first-order valence-corrected chi connectivity index (χ1v) is 6.99. The minimum Gasteiger partial charge on any atom is -0.376 e. The molecule has 1 atom stereocenters. The van der Waals surface area contributed by atoms with E-state index in [0.29, 0.717) is 4.77 Å². The monoisotopic (exact) mass is 275 g/mol. The number of ether oxygens (including phenoxy) is 1. The normalized spacial score (nSPS) is 18.9. The van der Waals surface area contributed by atoms with Crippen molar-refractivity contribution in [2.75, 3.05) is 6.61 Å². The molecule has 0 spiro atoms. The molecule has 2 heterocycles. The third-order valence-electron chi connectivity index (χ3n) is 3.48. The standard InChI is InChI=1S/C14H17N3OS/c1-10-4-6-11(7-5-10)13-15-16-14(19)17(13)9-12-3-2-8-18-12/h4-7,12H,2-3,8-9H2,1H3,(H,16,19)/t12-/m1/s1. The highest BCUT2D eigenvalue weighted by atomic mass is 32.1. The summed E-state index contributed by atoms with van der Waals surface area (Å²) in [4.78, 5) is 0. The zero-order valence-electron chi connectivity index (χ0n) is 10.9. The molecule has 19 heavy (non-hydrogen) atoms. The number of hydrogen-bond donors (Lipinski definition) is 1. The lowest BCUT2D eigenvalue weighted by atomic mass is 10.1. The van der Waals surface area contributed by atoms with Gasteiger partial charge in [0.25, 0.3) is 0 Å². The van der Waals surface area contributed by atoms with Crippen molar-refractivity contribution in [3.8, 4) is 11.4 Å². The zero-order chi connectivity index (χ0) is 13.2. The lowest BCUT2D eigenvalue weighted by Crippen LogP contribution is -2.16. The molecule has 4 nitrogen and oxygen atoms in total. The fourth-order valence-corrected chi connectivity index (χ4v) is 2.61. The van der Waals surface area contributed by atoms with Gasteiger partial charge in [-0.1, -0.05) is 29.8 Å². The van der Waals surface area contributed by atoms with Crippen LogP contribution in [0.25, 0.3) is 11.4 Å². The second-order valence-electron chi connectivity index (χ2n) is 4.96. The Kier molecular flexibility index (Phi) is 3.48. The van der Waals surface area contributed by atoms with Gasteiger partial charge in [-0.25, -0.2) is 0 Å². The molecule has 1 saturated heterocycles. The predicted molar refractivity (Wildman–Crippen MR) is 76.6 cm³/mol. The van der Waals surface area contributed by atoms with Crippen molar-refractivity contribution in [3.05, 3.63) is 34.6 Å². The van der Waals surface area contributed by atoms with Gasteiger partial charge in [-0.3, -0.25) is 9.67 Å². The average Bonchev–Trinajstić information content (AvgIpc) is 3.03. The van der Waals surface area contributed by atoms with Gasteiger partial charge in [-0.05, 0) is 32.0 Å². The van der Waals surface area contributed by atoms with Crippen molar-refractivity contribution in [2.24, 2.45) is 0 Å². The summed E-state index contributed by atoms with van der Waals surface area (Å²) in [7, 11) is 0. The van der Waals surface area contributed by atoms with Gasteiger partial charge in [0, 0.05) is 12.2 Å². The van der Waals surface area contributed by atoms with Crippen LogP contribution in [-0.2, 0) is 11.3 Å². The van der Waals surface area contributed by atoms with Gasteiger partial charge in [-0.2, -0.15) is 5.10 Å². The summed E-state index contributed by atoms with van der Waals surface area (Å²) >= 11 is 5.32. The van der Waals surface area contributed by atoms with Crippen molar-refractivity contribution < 1.29 is 4.74 Å². The molecule has 1 aliphatic heterocycles. The highest BCUT2D eigenvalue weighted by molar-refractivity contribution is 7.71. The van der Waals surface area contributed by atoms with Crippen molar-refractivity contribution in [2.45, 2.75) is 32.4 Å². The fourth-order valence-electron chi connectivity index (χ4n) is 2.40. The summed E-state index contributed by atoms with van der Waals surface area (Å²) in [6, 6.07) is 8.32. The van der Waals surface area contributed by atoms with Crippen molar-refractivity contribution in [1.82, 2.24) is 14.8 Å². The van der Waals surface area contributed by atoms with E-state index < -0.39 is 0 Å². The summed E-state index contributed by atoms with van der Waals surface area (Å²) in [5.74, 6) is 0.889. The van der Waals surface area contributed by atoms with Crippen LogP contribution >= 0.6 is 12.2 Å². The van der Waals surface area contributed by atoms with Crippen molar-refractivity contribution in [1.29, 1.82) is 0 Å². The largest absolute Gasteiger partial charge is 0.376 e. The van der Waals surface area contributed by atoms with E-state index in [1.807, 2.05) is 4.57 Å². The molecule has 0 bridgehead atoms. The number of benzene rings is 1. The number of aromatic nitrogens is 3. The number of aromatic amines is 1. The number of H-pyrrole nitrogens is 1. The smallest absolute Gasteiger partial charge is 0.195 e. The third kappa shape index (κ3) is 2.62. The molecule has 0 unspecified atom stereocenters. The number of rotatable bonds is 3. The highest BCUT2D eigenvalue weighted by Crippen LogP contribution is 2.21. The molecule has 1 aromatic heterocycles. The maximum absolute atomic E-state index is 5.68. The second kappa shape index (κ2) is 5.27. The molecule has 1 fully saturated rings. The van der Waals surface area contributed by atoms with Gasteiger partial charge in [0.05, 0.1) is 12.6 Å². The molecule has 5 heteroatoms. The predicted octanol–water partition coefficient (Wildman–Crippen LogP) is 3.10. The summed E-state index contributed by atoms with van der Waals surface area (Å²) in [5.41, 5.74) is 2.32. The Bertz CT molecular complexity index is 608. The van der Waals surface area contributed by atoms with Gasteiger partial charge in [-0.15, -0.1) is 0 Å². The summed E-state index contributed by atoms with van der Waals surface area (Å²) in [6.45, 7) is 3.71.